The Balaban J connectivity index is 0.000000474. The monoisotopic (exact) mass is 456 g/mol. The molecule has 2 rings (SSSR count). The Morgan fingerprint density at radius 1 is 0.515 bits per heavy atom. The Labute approximate surface area is 200 Å². The minimum atomic E-state index is -0.0926. The number of hydrogen-bond acceptors (Lipinski definition) is 2. The van der Waals surface area contributed by atoms with E-state index in [9.17, 15) is 9.59 Å². The van der Waals surface area contributed by atoms with E-state index in [1.807, 2.05) is 55.4 Å². The third-order valence-corrected chi connectivity index (χ3v) is 3.77. The smallest absolute Gasteiger partial charge is 0.315 e. The highest BCUT2D eigenvalue weighted by Crippen LogP contribution is 2.07. The number of carbonyl (C=O) groups is 2. The van der Waals surface area contributed by atoms with Crippen LogP contribution in [0, 0.1) is 0 Å². The summed E-state index contributed by atoms with van der Waals surface area (Å²) in [5, 5.41) is 10.9. The SMILES string of the molecule is CC(C)NC(=O)NC(C)C.CC(C)NC(=O)NC(C)C.c1ccc(Cc2ccccc2)cc1. The minimum absolute atomic E-state index is 0.0926. The minimum Gasteiger partial charge on any atom is -0.336 e. The van der Waals surface area contributed by atoms with Crippen LogP contribution in [0.5, 0.6) is 0 Å². The maximum atomic E-state index is 10.8. The molecule has 0 aliphatic rings. The molecule has 184 valence electrons. The van der Waals surface area contributed by atoms with Crippen molar-refractivity contribution in [2.45, 2.75) is 86.0 Å². The molecule has 0 fully saturated rings. The maximum absolute atomic E-state index is 10.8. The van der Waals surface area contributed by atoms with Gasteiger partial charge in [-0.1, -0.05) is 60.7 Å². The molecule has 0 heterocycles. The maximum Gasteiger partial charge on any atom is 0.315 e. The normalized spacial score (nSPS) is 10.1. The van der Waals surface area contributed by atoms with E-state index >= 15 is 0 Å². The van der Waals surface area contributed by atoms with Gasteiger partial charge in [-0.15, -0.1) is 0 Å². The van der Waals surface area contributed by atoms with Crippen molar-refractivity contribution in [3.63, 3.8) is 0 Å². The zero-order chi connectivity index (χ0) is 25.2. The number of rotatable bonds is 6. The largest absolute Gasteiger partial charge is 0.336 e. The molecule has 6 nitrogen and oxygen atoms in total. The van der Waals surface area contributed by atoms with Gasteiger partial charge < -0.3 is 21.3 Å². The Bertz CT molecular complexity index is 671. The van der Waals surface area contributed by atoms with Gasteiger partial charge in [0.2, 0.25) is 0 Å². The summed E-state index contributed by atoms with van der Waals surface area (Å²) in [6, 6.07) is 21.7. The van der Waals surface area contributed by atoms with E-state index in [2.05, 4.69) is 81.9 Å². The van der Waals surface area contributed by atoms with Crippen molar-refractivity contribution < 1.29 is 9.59 Å². The molecule has 0 radical (unpaired) electrons. The first-order valence-electron chi connectivity index (χ1n) is 11.7. The molecule has 0 aliphatic carbocycles. The standard InChI is InChI=1S/C13H12.2C7H16N2O/c1-3-7-12(8-4-1)11-13-9-5-2-6-10-13;2*1-5(2)8-7(10)9-6(3)4/h1-10H,11H2;2*5-6H,1-4H3,(H2,8,9,10). The fourth-order valence-corrected chi connectivity index (χ4v) is 2.56. The van der Waals surface area contributed by atoms with Crippen molar-refractivity contribution >= 4 is 12.1 Å². The van der Waals surface area contributed by atoms with Gasteiger partial charge in [0.25, 0.3) is 0 Å². The lowest BCUT2D eigenvalue weighted by Gasteiger charge is -2.11. The first-order chi connectivity index (χ1) is 15.5. The van der Waals surface area contributed by atoms with E-state index in [0.29, 0.717) is 0 Å². The van der Waals surface area contributed by atoms with Crippen LogP contribution in [-0.2, 0) is 6.42 Å². The molecule has 4 amide bonds. The van der Waals surface area contributed by atoms with E-state index in [1.54, 1.807) is 0 Å². The lowest BCUT2D eigenvalue weighted by Crippen LogP contribution is -2.42. The van der Waals surface area contributed by atoms with Crippen molar-refractivity contribution in [1.29, 1.82) is 0 Å². The van der Waals surface area contributed by atoms with E-state index in [4.69, 9.17) is 0 Å². The highest BCUT2D eigenvalue weighted by atomic mass is 16.2. The first-order valence-corrected chi connectivity index (χ1v) is 11.7. The molecule has 0 bridgehead atoms. The molecule has 0 saturated heterocycles. The summed E-state index contributed by atoms with van der Waals surface area (Å²) < 4.78 is 0. The van der Waals surface area contributed by atoms with Crippen molar-refractivity contribution in [3.05, 3.63) is 71.8 Å². The Hall–Kier alpha value is -3.02. The average molecular weight is 457 g/mol. The molecule has 0 aliphatic heterocycles. The van der Waals surface area contributed by atoms with E-state index in [-0.39, 0.29) is 36.2 Å². The second-order valence-corrected chi connectivity index (χ2v) is 9.00. The predicted octanol–water partition coefficient (Wildman–Crippen LogP) is 5.48. The van der Waals surface area contributed by atoms with Crippen LogP contribution in [0.1, 0.15) is 66.5 Å². The first kappa shape index (κ1) is 30.0. The number of urea groups is 2. The quantitative estimate of drug-likeness (QED) is 0.464. The van der Waals surface area contributed by atoms with Crippen LogP contribution in [0.4, 0.5) is 9.59 Å². The molecule has 0 saturated carbocycles. The summed E-state index contributed by atoms with van der Waals surface area (Å²) in [6.07, 6.45) is 1.03. The highest BCUT2D eigenvalue weighted by Gasteiger charge is 2.03. The summed E-state index contributed by atoms with van der Waals surface area (Å²) in [5.74, 6) is 0. The second kappa shape index (κ2) is 17.5. The number of amides is 4. The van der Waals surface area contributed by atoms with Crippen molar-refractivity contribution in [3.8, 4) is 0 Å². The van der Waals surface area contributed by atoms with E-state index in [0.717, 1.165) is 6.42 Å². The molecule has 2 aromatic rings. The van der Waals surface area contributed by atoms with Crippen LogP contribution in [0.2, 0.25) is 0 Å². The molecular formula is C27H44N4O2. The fourth-order valence-electron chi connectivity index (χ4n) is 2.56. The molecule has 4 N–H and O–H groups in total. The molecule has 6 heteroatoms. The lowest BCUT2D eigenvalue weighted by molar-refractivity contribution is 0.235. The van der Waals surface area contributed by atoms with Crippen molar-refractivity contribution in [2.24, 2.45) is 0 Å². The summed E-state index contributed by atoms with van der Waals surface area (Å²) in [6.45, 7) is 15.4. The van der Waals surface area contributed by atoms with Crippen LogP contribution >= 0.6 is 0 Å². The van der Waals surface area contributed by atoms with Crippen LogP contribution in [0.3, 0.4) is 0 Å². The van der Waals surface area contributed by atoms with Crippen LogP contribution in [0.25, 0.3) is 0 Å². The van der Waals surface area contributed by atoms with Gasteiger partial charge in [0, 0.05) is 24.2 Å². The molecule has 2 aromatic carbocycles. The highest BCUT2D eigenvalue weighted by molar-refractivity contribution is 5.74. The fraction of sp³-hybridized carbons (Fsp3) is 0.481. The zero-order valence-electron chi connectivity index (χ0n) is 21.6. The number of carbonyl (C=O) groups excluding carboxylic acids is 2. The topological polar surface area (TPSA) is 82.3 Å². The zero-order valence-corrected chi connectivity index (χ0v) is 21.6. The predicted molar refractivity (Wildman–Crippen MR) is 140 cm³/mol. The van der Waals surface area contributed by atoms with Gasteiger partial charge in [0.1, 0.15) is 0 Å². The molecule has 33 heavy (non-hydrogen) atoms. The third-order valence-electron chi connectivity index (χ3n) is 3.77. The Morgan fingerprint density at radius 3 is 0.970 bits per heavy atom. The Kier molecular flexibility index (Phi) is 15.9. The van der Waals surface area contributed by atoms with E-state index in [1.165, 1.54) is 11.1 Å². The van der Waals surface area contributed by atoms with Crippen molar-refractivity contribution in [2.75, 3.05) is 0 Å². The number of hydrogen-bond donors (Lipinski definition) is 4. The van der Waals surface area contributed by atoms with Crippen molar-refractivity contribution in [1.82, 2.24) is 21.3 Å². The van der Waals surface area contributed by atoms with Gasteiger partial charge in [-0.2, -0.15) is 0 Å². The molecule has 0 atom stereocenters. The van der Waals surface area contributed by atoms with Gasteiger partial charge in [0.15, 0.2) is 0 Å². The molecule has 0 aromatic heterocycles. The molecule has 0 spiro atoms. The average Bonchev–Trinajstić information content (AvgIpc) is 2.68. The van der Waals surface area contributed by atoms with Gasteiger partial charge in [-0.3, -0.25) is 0 Å². The summed E-state index contributed by atoms with van der Waals surface area (Å²) in [5.41, 5.74) is 2.74. The Morgan fingerprint density at radius 2 is 0.758 bits per heavy atom. The number of benzene rings is 2. The van der Waals surface area contributed by atoms with Gasteiger partial charge in [0.05, 0.1) is 0 Å². The van der Waals surface area contributed by atoms with Crippen LogP contribution in [-0.4, -0.2) is 36.2 Å². The second-order valence-electron chi connectivity index (χ2n) is 9.00. The van der Waals surface area contributed by atoms with Crippen LogP contribution < -0.4 is 21.3 Å². The summed E-state index contributed by atoms with van der Waals surface area (Å²) >= 11 is 0. The molecular weight excluding hydrogens is 412 g/mol. The third kappa shape index (κ3) is 19.4. The van der Waals surface area contributed by atoms with E-state index < -0.39 is 0 Å². The number of nitrogens with one attached hydrogen (secondary N) is 4. The molecule has 0 unspecified atom stereocenters. The summed E-state index contributed by atoms with van der Waals surface area (Å²) in [7, 11) is 0. The van der Waals surface area contributed by atoms with Gasteiger partial charge >= 0.3 is 12.1 Å². The van der Waals surface area contributed by atoms with Gasteiger partial charge in [-0.25, -0.2) is 9.59 Å². The van der Waals surface area contributed by atoms with Gasteiger partial charge in [-0.05, 0) is 72.9 Å². The summed E-state index contributed by atoms with van der Waals surface area (Å²) in [4.78, 5) is 21.7. The lowest BCUT2D eigenvalue weighted by atomic mass is 10.1. The van der Waals surface area contributed by atoms with Crippen LogP contribution in [0.15, 0.2) is 60.7 Å².